The van der Waals surface area contributed by atoms with Gasteiger partial charge in [0, 0.05) is 12.4 Å². The first-order valence-corrected chi connectivity index (χ1v) is 22.4. The molecule has 8 aromatic rings. The van der Waals surface area contributed by atoms with Crippen molar-refractivity contribution in [3.8, 4) is 44.8 Å². The summed E-state index contributed by atoms with van der Waals surface area (Å²) in [6, 6.07) is 51.0. The second kappa shape index (κ2) is 18.4. The molecule has 0 unspecified atom stereocenters. The number of benzene rings is 4. The molecule has 0 spiro atoms. The van der Waals surface area contributed by atoms with Crippen LogP contribution in [0.25, 0.3) is 66.3 Å². The number of hydrogen-bond donors (Lipinski definition) is 0. The molecular weight excluding hydrogens is 747 g/mol. The van der Waals surface area contributed by atoms with Crippen LogP contribution in [0, 0.1) is 13.8 Å². The summed E-state index contributed by atoms with van der Waals surface area (Å²) in [4.78, 5) is 9.02. The van der Waals surface area contributed by atoms with E-state index in [1.165, 1.54) is 66.1 Å². The van der Waals surface area contributed by atoms with Crippen molar-refractivity contribution in [1.82, 2.24) is 9.97 Å². The summed E-state index contributed by atoms with van der Waals surface area (Å²) in [6.07, 6.45) is 3.70. The summed E-state index contributed by atoms with van der Waals surface area (Å²) in [6.45, 7) is 8.95. The van der Waals surface area contributed by atoms with Crippen LogP contribution >= 0.6 is 0 Å². The van der Waals surface area contributed by atoms with Gasteiger partial charge < -0.3 is 24.8 Å². The molecule has 2 heterocycles. The molecule has 0 radical (unpaired) electrons. The Balaban J connectivity index is 0.000000196. The van der Waals surface area contributed by atoms with Gasteiger partial charge in [-0.05, 0) is 35.4 Å². The Labute approximate surface area is 323 Å². The molecule has 0 aliphatic rings. The Morgan fingerprint density at radius 3 is 1.20 bits per heavy atom. The Morgan fingerprint density at radius 1 is 0.500 bits per heavy atom. The van der Waals surface area contributed by atoms with Crippen molar-refractivity contribution >= 4 is 27.0 Å². The minimum atomic E-state index is 0. The second-order valence-corrected chi connectivity index (χ2v) is 21.5. The molecule has 0 bridgehead atoms. The molecule has 248 valence electrons. The zero-order valence-corrected chi connectivity index (χ0v) is 33.6. The van der Waals surface area contributed by atoms with E-state index in [4.69, 9.17) is 0 Å². The van der Waals surface area contributed by atoms with Crippen molar-refractivity contribution in [2.75, 3.05) is 0 Å². The molecule has 0 atom stereocenters. The molecule has 0 aliphatic heterocycles. The summed E-state index contributed by atoms with van der Waals surface area (Å²) in [7, 11) is 0. The topological polar surface area (TPSA) is 25.8 Å². The van der Waals surface area contributed by atoms with Crippen LogP contribution in [0.2, 0.25) is 13.1 Å². The van der Waals surface area contributed by atoms with Crippen molar-refractivity contribution in [2.45, 2.75) is 26.9 Å². The largest absolute Gasteiger partial charge is 1.00 e. The molecular formula is C44H38Cl2N2SiZr-2. The van der Waals surface area contributed by atoms with Crippen molar-refractivity contribution in [3.05, 3.63) is 169 Å². The van der Waals surface area contributed by atoms with Crippen molar-refractivity contribution in [1.29, 1.82) is 0 Å². The number of aromatic nitrogens is 2. The van der Waals surface area contributed by atoms with E-state index in [9.17, 15) is 0 Å². The average Bonchev–Trinajstić information content (AvgIpc) is 3.78. The van der Waals surface area contributed by atoms with Crippen molar-refractivity contribution < 1.29 is 48.1 Å². The molecule has 2 aromatic heterocycles. The third-order valence-corrected chi connectivity index (χ3v) is 8.31. The number of rotatable bonds is 4. The van der Waals surface area contributed by atoms with Gasteiger partial charge in [-0.15, -0.1) is 68.1 Å². The maximum absolute atomic E-state index is 4.51. The predicted molar refractivity (Wildman–Crippen MR) is 203 cm³/mol. The summed E-state index contributed by atoms with van der Waals surface area (Å²) >= 11 is 1.74. The van der Waals surface area contributed by atoms with Crippen LogP contribution in [0.5, 0.6) is 0 Å². The van der Waals surface area contributed by atoms with Gasteiger partial charge in [-0.1, -0.05) is 122 Å². The molecule has 6 aromatic carbocycles. The van der Waals surface area contributed by atoms with Crippen molar-refractivity contribution in [2.24, 2.45) is 0 Å². The molecule has 6 heteroatoms. The third-order valence-electron chi connectivity index (χ3n) is 8.31. The summed E-state index contributed by atoms with van der Waals surface area (Å²) < 4.78 is 0. The zero-order chi connectivity index (χ0) is 33.5. The number of pyridine rings is 2. The van der Waals surface area contributed by atoms with Crippen LogP contribution in [-0.4, -0.2) is 15.4 Å². The van der Waals surface area contributed by atoms with Gasteiger partial charge in [0.25, 0.3) is 0 Å². The fourth-order valence-electron chi connectivity index (χ4n) is 5.98. The zero-order valence-electron chi connectivity index (χ0n) is 28.7. The number of aryl methyl sites for hydroxylation is 2. The maximum Gasteiger partial charge on any atom is 0.0627 e. The molecule has 0 aliphatic carbocycles. The van der Waals surface area contributed by atoms with Gasteiger partial charge in [-0.25, -0.2) is 0 Å². The first kappa shape index (κ1) is 38.9. The van der Waals surface area contributed by atoms with Crippen LogP contribution in [0.15, 0.2) is 158 Å². The summed E-state index contributed by atoms with van der Waals surface area (Å²) in [5, 5.41) is 5.17. The van der Waals surface area contributed by atoms with Gasteiger partial charge in [0.15, 0.2) is 0 Å². The smallest absolute Gasteiger partial charge is 0.0627 e. The van der Waals surface area contributed by atoms with E-state index >= 15 is 0 Å². The Kier molecular flexibility index (Phi) is 14.3. The van der Waals surface area contributed by atoms with Gasteiger partial charge >= 0.3 is 41.9 Å². The molecule has 0 saturated carbocycles. The fourth-order valence-corrected chi connectivity index (χ4v) is 5.98. The van der Waals surface area contributed by atoms with Crippen molar-refractivity contribution in [3.63, 3.8) is 0 Å². The van der Waals surface area contributed by atoms with E-state index < -0.39 is 0 Å². The molecule has 8 rings (SSSR count). The number of hydrogen-bond acceptors (Lipinski definition) is 2. The van der Waals surface area contributed by atoms with Gasteiger partial charge in [0.05, 0.1) is 11.4 Å². The number of halogens is 2. The minimum absolute atomic E-state index is 0. The van der Waals surface area contributed by atoms with E-state index in [1.54, 1.807) is 23.3 Å². The van der Waals surface area contributed by atoms with Crippen LogP contribution in [0.1, 0.15) is 11.1 Å². The van der Waals surface area contributed by atoms with Gasteiger partial charge in [-0.3, -0.25) is 9.97 Å². The van der Waals surface area contributed by atoms with Crippen LogP contribution in [0.3, 0.4) is 0 Å². The monoisotopic (exact) mass is 782 g/mol. The third kappa shape index (κ3) is 9.24. The first-order chi connectivity index (χ1) is 23.4. The molecule has 0 amide bonds. The van der Waals surface area contributed by atoms with Crippen LogP contribution in [-0.2, 0) is 23.3 Å². The standard InChI is InChI=1S/2C21H16N.C2H6Si.2ClH.Zr/c2*1-15-10-11-18(21-9-5-6-12-22-21)20-14-17(13-19(15)20)16-7-3-2-4-8-16;1-3-2;;;/h2*2-14H,1H3;1-2H3;2*1H;/q2*-1;;;;+2/p-2. The molecule has 0 saturated heterocycles. The van der Waals surface area contributed by atoms with Crippen LogP contribution < -0.4 is 24.8 Å². The average molecular weight is 785 g/mol. The fraction of sp³-hybridized carbons (Fsp3) is 0.0909. The number of fused-ring (bicyclic) bond motifs is 2. The minimum Gasteiger partial charge on any atom is -1.00 e. The van der Waals surface area contributed by atoms with E-state index in [2.05, 4.69) is 158 Å². The Bertz CT molecular complexity index is 2120. The SMILES string of the molecule is C[Si](C)=[Zr+2].Cc1ccc(-c2ccccn2)c2cc(-c3ccccc3)[cH-]c12.Cc1ccc(-c2ccccn2)c2cc(-c3ccccc3)[cH-]c12.[Cl-].[Cl-]. The molecule has 50 heavy (non-hydrogen) atoms. The van der Waals surface area contributed by atoms with E-state index in [0.29, 0.717) is 0 Å². The molecule has 2 nitrogen and oxygen atoms in total. The molecule has 0 fully saturated rings. The second-order valence-electron chi connectivity index (χ2n) is 12.2. The normalized spacial score (nSPS) is 10.2. The van der Waals surface area contributed by atoms with E-state index in [1.807, 2.05) is 36.7 Å². The summed E-state index contributed by atoms with van der Waals surface area (Å²) in [5.74, 6) is 0. The Hall–Kier alpha value is -3.92. The molecule has 0 N–H and O–H groups in total. The van der Waals surface area contributed by atoms with E-state index in [-0.39, 0.29) is 30.2 Å². The van der Waals surface area contributed by atoms with Crippen LogP contribution in [0.4, 0.5) is 0 Å². The van der Waals surface area contributed by atoms with E-state index in [0.717, 1.165) is 11.4 Å². The first-order valence-electron chi connectivity index (χ1n) is 16.2. The van der Waals surface area contributed by atoms with Gasteiger partial charge in [-0.2, -0.15) is 0 Å². The van der Waals surface area contributed by atoms with Gasteiger partial charge in [0.2, 0.25) is 0 Å². The van der Waals surface area contributed by atoms with Gasteiger partial charge in [0.1, 0.15) is 0 Å². The predicted octanol–water partition coefficient (Wildman–Crippen LogP) is 5.98. The Morgan fingerprint density at radius 2 is 0.860 bits per heavy atom. The quantitative estimate of drug-likeness (QED) is 0.162. The maximum atomic E-state index is 4.51. The number of nitrogens with zero attached hydrogens (tertiary/aromatic N) is 2. The summed E-state index contributed by atoms with van der Waals surface area (Å²) in [5.41, 5.74) is 12.3.